The van der Waals surface area contributed by atoms with E-state index < -0.39 is 0 Å². The van der Waals surface area contributed by atoms with Crippen molar-refractivity contribution in [2.75, 3.05) is 17.6 Å². The minimum Gasteiger partial charge on any atom is -0.361 e. The molecule has 0 spiro atoms. The Morgan fingerprint density at radius 2 is 1.84 bits per heavy atom. The van der Waals surface area contributed by atoms with Crippen LogP contribution in [0.5, 0.6) is 0 Å². The molecule has 3 aromatic carbocycles. The van der Waals surface area contributed by atoms with Crippen molar-refractivity contribution in [1.82, 2.24) is 10.3 Å². The van der Waals surface area contributed by atoms with Crippen LogP contribution in [0.1, 0.15) is 27.4 Å². The molecular formula is C25H21N3O2S. The lowest BCUT2D eigenvalue weighted by Gasteiger charge is -2.19. The van der Waals surface area contributed by atoms with Crippen LogP contribution in [0.4, 0.5) is 5.69 Å². The molecule has 1 unspecified atom stereocenters. The number of carbonyl (C=O) groups excluding carboxylic acids is 2. The quantitative estimate of drug-likeness (QED) is 0.429. The second-order valence-corrected chi connectivity index (χ2v) is 8.53. The van der Waals surface area contributed by atoms with Gasteiger partial charge in [0.2, 0.25) is 5.91 Å². The number of aromatic nitrogens is 1. The normalized spacial score (nSPS) is 14.0. The third-order valence-electron chi connectivity index (χ3n) is 5.54. The van der Waals surface area contributed by atoms with E-state index in [1.807, 2.05) is 48.7 Å². The highest BCUT2D eigenvalue weighted by molar-refractivity contribution is 8.00. The van der Waals surface area contributed by atoms with Gasteiger partial charge in [-0.2, -0.15) is 0 Å². The van der Waals surface area contributed by atoms with E-state index >= 15 is 0 Å². The number of carbonyl (C=O) groups is 2. The third-order valence-corrected chi connectivity index (χ3v) is 6.61. The highest BCUT2D eigenvalue weighted by atomic mass is 32.2. The second-order valence-electron chi connectivity index (χ2n) is 7.51. The summed E-state index contributed by atoms with van der Waals surface area (Å²) >= 11 is 1.48. The zero-order chi connectivity index (χ0) is 21.2. The summed E-state index contributed by atoms with van der Waals surface area (Å²) in [5.41, 5.74) is 4.60. The molecule has 1 aliphatic heterocycles. The van der Waals surface area contributed by atoms with Gasteiger partial charge in [-0.3, -0.25) is 9.59 Å². The van der Waals surface area contributed by atoms with E-state index in [0.29, 0.717) is 23.5 Å². The van der Waals surface area contributed by atoms with Gasteiger partial charge in [-0.1, -0.05) is 48.5 Å². The molecule has 154 valence electrons. The van der Waals surface area contributed by atoms with Crippen LogP contribution >= 0.6 is 11.8 Å². The number of aromatic amines is 1. The van der Waals surface area contributed by atoms with Gasteiger partial charge < -0.3 is 15.6 Å². The molecule has 2 heterocycles. The minimum atomic E-state index is -0.159. The predicted molar refractivity (Wildman–Crippen MR) is 125 cm³/mol. The Hall–Kier alpha value is -3.51. The predicted octanol–water partition coefficient (Wildman–Crippen LogP) is 4.77. The van der Waals surface area contributed by atoms with E-state index in [1.54, 1.807) is 6.07 Å². The van der Waals surface area contributed by atoms with E-state index in [1.165, 1.54) is 11.8 Å². The Morgan fingerprint density at radius 1 is 1.03 bits per heavy atom. The molecule has 31 heavy (non-hydrogen) atoms. The fourth-order valence-electron chi connectivity index (χ4n) is 4.00. The lowest BCUT2D eigenvalue weighted by atomic mass is 9.91. The summed E-state index contributed by atoms with van der Waals surface area (Å²) < 4.78 is 0. The van der Waals surface area contributed by atoms with E-state index in [0.717, 1.165) is 26.9 Å². The number of para-hydroxylation sites is 1. The van der Waals surface area contributed by atoms with Crippen molar-refractivity contribution in [3.05, 3.63) is 95.7 Å². The van der Waals surface area contributed by atoms with Crippen molar-refractivity contribution in [2.45, 2.75) is 10.8 Å². The Balaban J connectivity index is 1.41. The van der Waals surface area contributed by atoms with Crippen molar-refractivity contribution < 1.29 is 9.59 Å². The highest BCUT2D eigenvalue weighted by Crippen LogP contribution is 2.33. The molecule has 2 amide bonds. The van der Waals surface area contributed by atoms with Crippen LogP contribution in [0.3, 0.4) is 0 Å². The molecule has 1 atom stereocenters. The molecule has 0 radical (unpaired) electrons. The van der Waals surface area contributed by atoms with E-state index in [-0.39, 0.29) is 17.7 Å². The first kappa shape index (κ1) is 19.5. The van der Waals surface area contributed by atoms with Gasteiger partial charge in [-0.15, -0.1) is 11.8 Å². The lowest BCUT2D eigenvalue weighted by molar-refractivity contribution is -0.113. The van der Waals surface area contributed by atoms with Crippen LogP contribution in [0.25, 0.3) is 10.9 Å². The maximum atomic E-state index is 12.9. The van der Waals surface area contributed by atoms with Crippen molar-refractivity contribution in [3.63, 3.8) is 0 Å². The molecule has 5 nitrogen and oxygen atoms in total. The number of H-pyrrole nitrogens is 1. The molecule has 6 heteroatoms. The summed E-state index contributed by atoms with van der Waals surface area (Å²) in [7, 11) is 0. The minimum absolute atomic E-state index is 0.00851. The maximum Gasteiger partial charge on any atom is 0.251 e. The summed E-state index contributed by atoms with van der Waals surface area (Å²) in [5, 5.41) is 7.09. The highest BCUT2D eigenvalue weighted by Gasteiger charge is 2.21. The van der Waals surface area contributed by atoms with Gasteiger partial charge >= 0.3 is 0 Å². The fraction of sp³-hybridized carbons (Fsp3) is 0.120. The van der Waals surface area contributed by atoms with Crippen LogP contribution in [0.2, 0.25) is 0 Å². The van der Waals surface area contributed by atoms with E-state index in [2.05, 4.69) is 39.9 Å². The number of fused-ring (bicyclic) bond motifs is 2. The van der Waals surface area contributed by atoms with Gasteiger partial charge in [0, 0.05) is 40.0 Å². The van der Waals surface area contributed by atoms with Crippen LogP contribution in [-0.4, -0.2) is 29.1 Å². The Bertz CT molecular complexity index is 1270. The number of amides is 2. The summed E-state index contributed by atoms with van der Waals surface area (Å²) in [4.78, 5) is 28.9. The summed E-state index contributed by atoms with van der Waals surface area (Å²) in [6, 6.07) is 23.8. The topological polar surface area (TPSA) is 74.0 Å². The molecule has 1 aliphatic rings. The van der Waals surface area contributed by atoms with Crippen molar-refractivity contribution in [1.29, 1.82) is 0 Å². The van der Waals surface area contributed by atoms with Crippen molar-refractivity contribution in [2.24, 2.45) is 0 Å². The smallest absolute Gasteiger partial charge is 0.251 e. The number of hydrogen-bond donors (Lipinski definition) is 3. The summed E-state index contributed by atoms with van der Waals surface area (Å²) in [5.74, 6) is 0.211. The van der Waals surface area contributed by atoms with Gasteiger partial charge in [0.05, 0.1) is 11.4 Å². The number of hydrogen-bond acceptors (Lipinski definition) is 3. The third kappa shape index (κ3) is 3.94. The standard InChI is InChI=1S/C25H21N3O2S/c29-24-15-31-23-11-10-17(12-22(23)28-24)25(30)27-13-19(16-6-2-1-3-7-16)20-14-26-21-9-5-4-8-18(20)21/h1-12,14,19,26H,13,15H2,(H,27,30)(H,28,29). The monoisotopic (exact) mass is 427 g/mol. The van der Waals surface area contributed by atoms with Crippen LogP contribution < -0.4 is 10.6 Å². The van der Waals surface area contributed by atoms with Crippen molar-refractivity contribution >= 4 is 40.2 Å². The molecule has 0 bridgehead atoms. The first-order valence-corrected chi connectivity index (χ1v) is 11.1. The van der Waals surface area contributed by atoms with Gasteiger partial charge in [0.1, 0.15) is 0 Å². The molecule has 0 saturated heterocycles. The number of nitrogens with one attached hydrogen (secondary N) is 3. The Morgan fingerprint density at radius 3 is 2.71 bits per heavy atom. The molecule has 1 aromatic heterocycles. The summed E-state index contributed by atoms with van der Waals surface area (Å²) in [6.07, 6.45) is 2.03. The Kier molecular flexibility index (Phi) is 5.22. The van der Waals surface area contributed by atoms with Crippen LogP contribution in [-0.2, 0) is 4.79 Å². The SMILES string of the molecule is O=C1CSc2ccc(C(=O)NCC(c3ccccc3)c3c[nH]c4ccccc34)cc2N1. The molecular weight excluding hydrogens is 406 g/mol. The van der Waals surface area contributed by atoms with Crippen LogP contribution in [0.15, 0.2) is 83.9 Å². The van der Waals surface area contributed by atoms with Crippen molar-refractivity contribution in [3.8, 4) is 0 Å². The Labute approximate surface area is 184 Å². The van der Waals surface area contributed by atoms with Gasteiger partial charge in [0.15, 0.2) is 0 Å². The second kappa shape index (κ2) is 8.32. The van der Waals surface area contributed by atoms with E-state index in [9.17, 15) is 9.59 Å². The van der Waals surface area contributed by atoms with Gasteiger partial charge in [0.25, 0.3) is 5.91 Å². The first-order valence-electron chi connectivity index (χ1n) is 10.1. The molecule has 3 N–H and O–H groups in total. The molecule has 4 aromatic rings. The van der Waals surface area contributed by atoms with Gasteiger partial charge in [-0.05, 0) is 35.4 Å². The zero-order valence-corrected chi connectivity index (χ0v) is 17.5. The molecule has 5 rings (SSSR count). The zero-order valence-electron chi connectivity index (χ0n) is 16.7. The largest absolute Gasteiger partial charge is 0.361 e. The van der Waals surface area contributed by atoms with Crippen LogP contribution in [0, 0.1) is 0 Å². The fourth-order valence-corrected chi connectivity index (χ4v) is 4.78. The van der Waals surface area contributed by atoms with Gasteiger partial charge in [-0.25, -0.2) is 0 Å². The molecule has 0 fully saturated rings. The number of benzene rings is 3. The lowest BCUT2D eigenvalue weighted by Crippen LogP contribution is -2.29. The first-order chi connectivity index (χ1) is 15.2. The van der Waals surface area contributed by atoms with E-state index in [4.69, 9.17) is 0 Å². The maximum absolute atomic E-state index is 12.9. The number of anilines is 1. The number of thioether (sulfide) groups is 1. The molecule has 0 aliphatic carbocycles. The number of rotatable bonds is 5. The average molecular weight is 428 g/mol. The summed E-state index contributed by atoms with van der Waals surface area (Å²) in [6.45, 7) is 0.461. The molecule has 0 saturated carbocycles. The average Bonchev–Trinajstić information content (AvgIpc) is 3.23.